The summed E-state index contributed by atoms with van der Waals surface area (Å²) < 4.78 is 0. The molecular formula is C9H12N2. The predicted octanol–water partition coefficient (Wildman–Crippen LogP) is 1.51. The first-order valence-electron chi connectivity index (χ1n) is 4.22. The van der Waals surface area contributed by atoms with E-state index in [1.807, 2.05) is 0 Å². The maximum atomic E-state index is 8.54. The molecule has 2 bridgehead atoms. The number of rotatable bonds is 1. The highest BCUT2D eigenvalue weighted by molar-refractivity contribution is 5.16. The third-order valence-corrected chi connectivity index (χ3v) is 2.69. The molecule has 0 atom stereocenters. The smallest absolute Gasteiger partial charge is 0.0666 e. The summed E-state index contributed by atoms with van der Waals surface area (Å²) in [6, 6.07) is 2.23. The molecule has 3 aliphatic heterocycles. The molecule has 1 fully saturated rings. The Morgan fingerprint density at radius 3 is 2.73 bits per heavy atom. The zero-order valence-electron chi connectivity index (χ0n) is 6.58. The van der Waals surface area contributed by atoms with Crippen LogP contribution in [0.15, 0.2) is 11.8 Å². The lowest BCUT2D eigenvalue weighted by Gasteiger charge is -2.38. The van der Waals surface area contributed by atoms with Crippen molar-refractivity contribution in [3.63, 3.8) is 0 Å². The Morgan fingerprint density at radius 2 is 2.27 bits per heavy atom. The van der Waals surface area contributed by atoms with Crippen molar-refractivity contribution < 1.29 is 0 Å². The topological polar surface area (TPSA) is 27.0 Å². The number of piperidine rings is 1. The highest BCUT2D eigenvalue weighted by Gasteiger charge is 2.26. The fraction of sp³-hybridized carbons (Fsp3) is 0.667. The molecule has 3 rings (SSSR count). The number of nitrogens with zero attached hydrogens (tertiary/aromatic N) is 2. The van der Waals surface area contributed by atoms with E-state index in [0.29, 0.717) is 6.42 Å². The van der Waals surface area contributed by atoms with E-state index in [2.05, 4.69) is 17.2 Å². The van der Waals surface area contributed by atoms with E-state index < -0.39 is 0 Å². The molecular weight excluding hydrogens is 136 g/mol. The van der Waals surface area contributed by atoms with Crippen LogP contribution in [-0.4, -0.2) is 18.0 Å². The third-order valence-electron chi connectivity index (χ3n) is 2.69. The molecule has 0 saturated carbocycles. The van der Waals surface area contributed by atoms with Crippen molar-refractivity contribution >= 4 is 0 Å². The third kappa shape index (κ3) is 1.11. The van der Waals surface area contributed by atoms with E-state index in [0.717, 1.165) is 5.92 Å². The molecule has 11 heavy (non-hydrogen) atoms. The summed E-state index contributed by atoms with van der Waals surface area (Å²) in [5.74, 6) is 0.736. The van der Waals surface area contributed by atoms with Crippen molar-refractivity contribution in [1.29, 1.82) is 5.26 Å². The van der Waals surface area contributed by atoms with Crippen molar-refractivity contribution in [2.24, 2.45) is 5.92 Å². The predicted molar refractivity (Wildman–Crippen MR) is 42.6 cm³/mol. The van der Waals surface area contributed by atoms with Crippen molar-refractivity contribution in [2.45, 2.75) is 19.3 Å². The van der Waals surface area contributed by atoms with Crippen LogP contribution < -0.4 is 0 Å². The fourth-order valence-corrected chi connectivity index (χ4v) is 2.02. The van der Waals surface area contributed by atoms with Gasteiger partial charge in [-0.2, -0.15) is 5.26 Å². The number of allylic oxidation sites excluding steroid dienone is 1. The van der Waals surface area contributed by atoms with Crippen LogP contribution in [0.2, 0.25) is 0 Å². The number of fused-ring (bicyclic) bond motifs is 2. The monoisotopic (exact) mass is 148 g/mol. The molecule has 0 aromatic heterocycles. The average molecular weight is 148 g/mol. The van der Waals surface area contributed by atoms with Gasteiger partial charge in [-0.25, -0.2) is 0 Å². The van der Waals surface area contributed by atoms with Gasteiger partial charge in [-0.05, 0) is 30.5 Å². The highest BCUT2D eigenvalue weighted by atomic mass is 15.1. The molecule has 3 aliphatic rings. The second kappa shape index (κ2) is 2.58. The number of nitriles is 1. The van der Waals surface area contributed by atoms with Gasteiger partial charge in [0.2, 0.25) is 0 Å². The van der Waals surface area contributed by atoms with Crippen LogP contribution in [-0.2, 0) is 0 Å². The molecule has 0 aromatic carbocycles. The fourth-order valence-electron chi connectivity index (χ4n) is 2.02. The van der Waals surface area contributed by atoms with E-state index in [1.54, 1.807) is 0 Å². The largest absolute Gasteiger partial charge is 0.377 e. The molecule has 58 valence electrons. The molecule has 3 heterocycles. The Hall–Kier alpha value is -0.970. The first-order chi connectivity index (χ1) is 5.40. The maximum absolute atomic E-state index is 8.54. The Bertz CT molecular complexity index is 216. The van der Waals surface area contributed by atoms with Gasteiger partial charge in [0, 0.05) is 13.1 Å². The molecule has 0 aliphatic carbocycles. The van der Waals surface area contributed by atoms with Crippen molar-refractivity contribution in [2.75, 3.05) is 13.1 Å². The molecule has 0 aromatic rings. The van der Waals surface area contributed by atoms with Crippen LogP contribution in [0.3, 0.4) is 0 Å². The second-order valence-electron chi connectivity index (χ2n) is 3.35. The summed E-state index contributed by atoms with van der Waals surface area (Å²) in [5, 5.41) is 8.54. The first kappa shape index (κ1) is 6.72. The SMILES string of the molecule is N#CCC1=CN2CCC1CC2. The van der Waals surface area contributed by atoms with Gasteiger partial charge in [0.25, 0.3) is 0 Å². The average Bonchev–Trinajstić information content (AvgIpc) is 2.07. The normalized spacial score (nSPS) is 23.2. The summed E-state index contributed by atoms with van der Waals surface area (Å²) >= 11 is 0. The minimum absolute atomic E-state index is 0.640. The second-order valence-corrected chi connectivity index (χ2v) is 3.35. The molecule has 0 radical (unpaired) electrons. The molecule has 0 spiro atoms. The van der Waals surface area contributed by atoms with E-state index in [1.165, 1.54) is 31.5 Å². The van der Waals surface area contributed by atoms with Crippen molar-refractivity contribution in [3.05, 3.63) is 11.8 Å². The van der Waals surface area contributed by atoms with E-state index in [-0.39, 0.29) is 0 Å². The molecule has 0 N–H and O–H groups in total. The lowest BCUT2D eigenvalue weighted by atomic mass is 9.85. The summed E-state index contributed by atoms with van der Waals surface area (Å²) in [6.45, 7) is 2.42. The molecule has 1 saturated heterocycles. The van der Waals surface area contributed by atoms with Crippen LogP contribution in [0.1, 0.15) is 19.3 Å². The highest BCUT2D eigenvalue weighted by Crippen LogP contribution is 2.32. The molecule has 0 unspecified atom stereocenters. The lowest BCUT2D eigenvalue weighted by molar-refractivity contribution is 0.228. The van der Waals surface area contributed by atoms with Crippen LogP contribution in [0.4, 0.5) is 0 Å². The summed E-state index contributed by atoms with van der Waals surface area (Å²) in [6.07, 6.45) is 5.38. The minimum Gasteiger partial charge on any atom is -0.377 e. The minimum atomic E-state index is 0.640. The van der Waals surface area contributed by atoms with Crippen molar-refractivity contribution in [3.8, 4) is 6.07 Å². The standard InChI is InChI=1S/C9H12N2/c10-4-1-9-7-11-5-2-8(9)3-6-11/h7-8H,1-3,5-6H2. The van der Waals surface area contributed by atoms with Crippen LogP contribution in [0, 0.1) is 17.2 Å². The first-order valence-corrected chi connectivity index (χ1v) is 4.22. The zero-order chi connectivity index (χ0) is 7.68. The zero-order valence-corrected chi connectivity index (χ0v) is 6.58. The molecule has 2 nitrogen and oxygen atoms in total. The van der Waals surface area contributed by atoms with Gasteiger partial charge in [0.05, 0.1) is 12.5 Å². The Balaban J connectivity index is 2.15. The van der Waals surface area contributed by atoms with Crippen LogP contribution in [0.25, 0.3) is 0 Å². The number of hydrogen-bond donors (Lipinski definition) is 0. The van der Waals surface area contributed by atoms with Gasteiger partial charge < -0.3 is 4.90 Å². The Morgan fingerprint density at radius 1 is 1.55 bits per heavy atom. The van der Waals surface area contributed by atoms with Gasteiger partial charge in [-0.15, -0.1) is 0 Å². The lowest BCUT2D eigenvalue weighted by Crippen LogP contribution is -2.35. The van der Waals surface area contributed by atoms with Gasteiger partial charge in [-0.1, -0.05) is 0 Å². The number of hydrogen-bond acceptors (Lipinski definition) is 2. The van der Waals surface area contributed by atoms with E-state index >= 15 is 0 Å². The summed E-state index contributed by atoms with van der Waals surface area (Å²) in [4.78, 5) is 2.34. The van der Waals surface area contributed by atoms with Crippen LogP contribution in [0.5, 0.6) is 0 Å². The van der Waals surface area contributed by atoms with E-state index in [9.17, 15) is 0 Å². The Kier molecular flexibility index (Phi) is 1.58. The maximum Gasteiger partial charge on any atom is 0.0666 e. The molecule has 2 heteroatoms. The Labute approximate surface area is 67.1 Å². The van der Waals surface area contributed by atoms with Gasteiger partial charge >= 0.3 is 0 Å². The van der Waals surface area contributed by atoms with Gasteiger partial charge in [-0.3, -0.25) is 0 Å². The quantitative estimate of drug-likeness (QED) is 0.563. The van der Waals surface area contributed by atoms with Gasteiger partial charge in [0.1, 0.15) is 0 Å². The molecule has 0 amide bonds. The summed E-state index contributed by atoms with van der Waals surface area (Å²) in [7, 11) is 0. The van der Waals surface area contributed by atoms with Gasteiger partial charge in [0.15, 0.2) is 0 Å². The summed E-state index contributed by atoms with van der Waals surface area (Å²) in [5.41, 5.74) is 1.37. The van der Waals surface area contributed by atoms with E-state index in [4.69, 9.17) is 5.26 Å². The van der Waals surface area contributed by atoms with Crippen LogP contribution >= 0.6 is 0 Å². The van der Waals surface area contributed by atoms with Crippen molar-refractivity contribution in [1.82, 2.24) is 4.90 Å².